The summed E-state index contributed by atoms with van der Waals surface area (Å²) in [6.07, 6.45) is 5.91. The van der Waals surface area contributed by atoms with Crippen LogP contribution < -0.4 is 15.8 Å². The minimum Gasteiger partial charge on any atom is -0.457 e. The number of thiophene rings is 1. The van der Waals surface area contributed by atoms with Crippen molar-refractivity contribution in [3.8, 4) is 21.9 Å². The maximum Gasteiger partial charge on any atom is 0.257 e. The summed E-state index contributed by atoms with van der Waals surface area (Å²) in [6.45, 7) is 2.10. The topological polar surface area (TPSA) is 108 Å². The standard InChI is InChI=1S/C25H22N6O2S/c1-3-15-5-4-6-19(11-15)33-18-9-7-17(8-10-18)30-24(32)20-21-23(26)27-14-28-25(21)34-22(20)16-12-29-31(2)13-16/h4-14H,3H2,1-2H3,(H,30,32)(H2,26,27,28). The Morgan fingerprint density at radius 1 is 1.15 bits per heavy atom. The van der Waals surface area contributed by atoms with Crippen molar-refractivity contribution in [2.24, 2.45) is 7.05 Å². The molecule has 3 heterocycles. The van der Waals surface area contributed by atoms with Crippen molar-refractivity contribution in [3.63, 3.8) is 0 Å². The average molecular weight is 471 g/mol. The number of nitrogens with zero attached hydrogens (tertiary/aromatic N) is 4. The first-order valence-electron chi connectivity index (χ1n) is 10.7. The van der Waals surface area contributed by atoms with Crippen LogP contribution in [0, 0.1) is 0 Å². The molecule has 0 atom stereocenters. The molecule has 1 amide bonds. The number of nitrogen functional groups attached to an aromatic ring is 1. The summed E-state index contributed by atoms with van der Waals surface area (Å²) in [6, 6.07) is 15.2. The van der Waals surface area contributed by atoms with Crippen LogP contribution in [-0.4, -0.2) is 25.7 Å². The Hall–Kier alpha value is -4.24. The van der Waals surface area contributed by atoms with Crippen LogP contribution in [0.1, 0.15) is 22.8 Å². The van der Waals surface area contributed by atoms with Crippen LogP contribution in [0.5, 0.6) is 11.5 Å². The Morgan fingerprint density at radius 3 is 2.71 bits per heavy atom. The van der Waals surface area contributed by atoms with Gasteiger partial charge in [-0.05, 0) is 48.4 Å². The molecular weight excluding hydrogens is 448 g/mol. The van der Waals surface area contributed by atoms with Crippen molar-refractivity contribution < 1.29 is 9.53 Å². The van der Waals surface area contributed by atoms with Gasteiger partial charge in [-0.25, -0.2) is 9.97 Å². The number of aryl methyl sites for hydroxylation is 2. The maximum atomic E-state index is 13.4. The molecule has 8 nitrogen and oxygen atoms in total. The van der Waals surface area contributed by atoms with Gasteiger partial charge in [-0.3, -0.25) is 9.48 Å². The fourth-order valence-electron chi connectivity index (χ4n) is 3.68. The minimum absolute atomic E-state index is 0.264. The van der Waals surface area contributed by atoms with E-state index in [1.807, 2.05) is 43.6 Å². The van der Waals surface area contributed by atoms with Gasteiger partial charge in [0, 0.05) is 24.5 Å². The second kappa shape index (κ2) is 8.95. The highest BCUT2D eigenvalue weighted by molar-refractivity contribution is 7.22. The van der Waals surface area contributed by atoms with Gasteiger partial charge in [-0.2, -0.15) is 5.10 Å². The third-order valence-electron chi connectivity index (χ3n) is 5.37. The molecule has 5 aromatic rings. The summed E-state index contributed by atoms with van der Waals surface area (Å²) in [5.74, 6) is 1.42. The fourth-order valence-corrected chi connectivity index (χ4v) is 4.80. The zero-order chi connectivity index (χ0) is 23.7. The summed E-state index contributed by atoms with van der Waals surface area (Å²) >= 11 is 1.38. The number of carbonyl (C=O) groups excluding carboxylic acids is 1. The van der Waals surface area contributed by atoms with E-state index in [-0.39, 0.29) is 11.7 Å². The predicted molar refractivity (Wildman–Crippen MR) is 134 cm³/mol. The lowest BCUT2D eigenvalue weighted by Gasteiger charge is -2.10. The molecule has 0 radical (unpaired) electrons. The molecule has 170 valence electrons. The Kier molecular flexibility index (Phi) is 5.69. The van der Waals surface area contributed by atoms with Crippen LogP contribution in [0.15, 0.2) is 67.3 Å². The molecule has 9 heteroatoms. The van der Waals surface area contributed by atoms with E-state index in [4.69, 9.17) is 10.5 Å². The number of nitrogens with two attached hydrogens (primary N) is 1. The van der Waals surface area contributed by atoms with Gasteiger partial charge >= 0.3 is 0 Å². The largest absolute Gasteiger partial charge is 0.457 e. The van der Waals surface area contributed by atoms with E-state index >= 15 is 0 Å². The second-order valence-corrected chi connectivity index (χ2v) is 8.73. The molecular formula is C25H22N6O2S. The molecule has 34 heavy (non-hydrogen) atoms. The number of hydrogen-bond acceptors (Lipinski definition) is 7. The Morgan fingerprint density at radius 2 is 1.97 bits per heavy atom. The predicted octanol–water partition coefficient (Wildman–Crippen LogP) is 5.28. The SMILES string of the molecule is CCc1cccc(Oc2ccc(NC(=O)c3c(-c4cnn(C)c4)sc4ncnc(N)c34)cc2)c1. The smallest absolute Gasteiger partial charge is 0.257 e. The van der Waals surface area contributed by atoms with Crippen molar-refractivity contribution in [1.29, 1.82) is 0 Å². The zero-order valence-corrected chi connectivity index (χ0v) is 19.5. The van der Waals surface area contributed by atoms with Crippen molar-refractivity contribution in [1.82, 2.24) is 19.7 Å². The van der Waals surface area contributed by atoms with E-state index in [1.165, 1.54) is 23.2 Å². The number of benzene rings is 2. The van der Waals surface area contributed by atoms with Crippen LogP contribution in [0.25, 0.3) is 20.7 Å². The molecule has 0 fully saturated rings. The summed E-state index contributed by atoms with van der Waals surface area (Å²) in [5.41, 5.74) is 9.22. The van der Waals surface area contributed by atoms with Gasteiger partial charge in [0.25, 0.3) is 5.91 Å². The van der Waals surface area contributed by atoms with E-state index in [9.17, 15) is 4.79 Å². The highest BCUT2D eigenvalue weighted by Gasteiger charge is 2.24. The summed E-state index contributed by atoms with van der Waals surface area (Å²) < 4.78 is 7.64. The van der Waals surface area contributed by atoms with Gasteiger partial charge in [0.15, 0.2) is 0 Å². The fraction of sp³-hybridized carbons (Fsp3) is 0.120. The number of hydrogen-bond donors (Lipinski definition) is 2. The van der Waals surface area contributed by atoms with Gasteiger partial charge in [-0.15, -0.1) is 11.3 Å². The van der Waals surface area contributed by atoms with Gasteiger partial charge in [0.05, 0.1) is 22.0 Å². The molecule has 0 unspecified atom stereocenters. The zero-order valence-electron chi connectivity index (χ0n) is 18.6. The van der Waals surface area contributed by atoms with E-state index in [0.29, 0.717) is 27.2 Å². The molecule has 0 spiro atoms. The molecule has 3 N–H and O–H groups in total. The number of aromatic nitrogens is 4. The first kappa shape index (κ1) is 21.6. The number of ether oxygens (including phenoxy) is 1. The first-order chi connectivity index (χ1) is 16.5. The lowest BCUT2D eigenvalue weighted by atomic mass is 10.1. The lowest BCUT2D eigenvalue weighted by molar-refractivity contribution is 0.102. The summed E-state index contributed by atoms with van der Waals surface area (Å²) in [7, 11) is 1.83. The molecule has 2 aromatic carbocycles. The molecule has 3 aromatic heterocycles. The molecule has 0 saturated carbocycles. The number of anilines is 2. The Labute approximate surface area is 200 Å². The van der Waals surface area contributed by atoms with Crippen LogP contribution in [0.3, 0.4) is 0 Å². The average Bonchev–Trinajstić information content (AvgIpc) is 3.45. The Bertz CT molecular complexity index is 1490. The highest BCUT2D eigenvalue weighted by atomic mass is 32.1. The van der Waals surface area contributed by atoms with Crippen LogP contribution in [0.4, 0.5) is 11.5 Å². The van der Waals surface area contributed by atoms with E-state index in [1.54, 1.807) is 23.0 Å². The van der Waals surface area contributed by atoms with Gasteiger partial charge in [0.2, 0.25) is 0 Å². The van der Waals surface area contributed by atoms with Crippen LogP contribution in [0.2, 0.25) is 0 Å². The monoisotopic (exact) mass is 470 g/mol. The van der Waals surface area contributed by atoms with Gasteiger partial charge in [0.1, 0.15) is 28.5 Å². The minimum atomic E-state index is -0.295. The van der Waals surface area contributed by atoms with E-state index in [0.717, 1.165) is 22.6 Å². The maximum absolute atomic E-state index is 13.4. The van der Waals surface area contributed by atoms with Crippen LogP contribution in [-0.2, 0) is 13.5 Å². The molecule has 0 aliphatic carbocycles. The third kappa shape index (κ3) is 4.20. The van der Waals surface area contributed by atoms with Gasteiger partial charge < -0.3 is 15.8 Å². The number of amides is 1. The lowest BCUT2D eigenvalue weighted by Crippen LogP contribution is -2.13. The van der Waals surface area contributed by atoms with Crippen LogP contribution >= 0.6 is 11.3 Å². The summed E-state index contributed by atoms with van der Waals surface area (Å²) in [4.78, 5) is 23.2. The molecule has 0 saturated heterocycles. The molecule has 5 rings (SSSR count). The number of carbonyl (C=O) groups is 1. The summed E-state index contributed by atoms with van der Waals surface area (Å²) in [5, 5.41) is 7.74. The number of nitrogens with one attached hydrogen (secondary N) is 1. The number of fused-ring (bicyclic) bond motifs is 1. The quantitative estimate of drug-likeness (QED) is 0.349. The Balaban J connectivity index is 1.42. The van der Waals surface area contributed by atoms with Crippen molar-refractivity contribution in [2.45, 2.75) is 13.3 Å². The molecule has 0 bridgehead atoms. The molecule has 0 aliphatic heterocycles. The third-order valence-corrected chi connectivity index (χ3v) is 6.51. The van der Waals surface area contributed by atoms with Crippen molar-refractivity contribution in [2.75, 3.05) is 11.1 Å². The highest BCUT2D eigenvalue weighted by Crippen LogP contribution is 2.39. The number of rotatable bonds is 6. The van der Waals surface area contributed by atoms with Crippen molar-refractivity contribution in [3.05, 3.63) is 78.4 Å². The van der Waals surface area contributed by atoms with E-state index < -0.39 is 0 Å². The second-order valence-electron chi connectivity index (χ2n) is 7.73. The molecule has 0 aliphatic rings. The van der Waals surface area contributed by atoms with Gasteiger partial charge in [-0.1, -0.05) is 19.1 Å². The van der Waals surface area contributed by atoms with Crippen molar-refractivity contribution >= 4 is 39.0 Å². The first-order valence-corrected chi connectivity index (χ1v) is 11.5. The van der Waals surface area contributed by atoms with E-state index in [2.05, 4.69) is 33.4 Å². The normalized spacial score (nSPS) is 11.0.